The van der Waals surface area contributed by atoms with E-state index in [0.29, 0.717) is 49.1 Å². The van der Waals surface area contributed by atoms with E-state index in [0.717, 1.165) is 11.3 Å². The van der Waals surface area contributed by atoms with E-state index < -0.39 is 0 Å². The number of anilines is 2. The minimum Gasteiger partial charge on any atom is -0.508 e. The third kappa shape index (κ3) is 4.10. The average molecular weight is 430 g/mol. The molecule has 1 amide bonds. The summed E-state index contributed by atoms with van der Waals surface area (Å²) in [6, 6.07) is 16.2. The number of imidazole rings is 1. The van der Waals surface area contributed by atoms with E-state index >= 15 is 0 Å². The minimum atomic E-state index is -0.180. The molecule has 0 unspecified atom stereocenters. The maximum atomic E-state index is 12.6. The van der Waals surface area contributed by atoms with Crippen molar-refractivity contribution in [2.45, 2.75) is 6.54 Å². The number of fused-ring (bicyclic) bond motifs is 1. The molecule has 5 rings (SSSR count). The summed E-state index contributed by atoms with van der Waals surface area (Å²) in [5.74, 6) is 0.508. The molecule has 1 saturated heterocycles. The molecule has 162 valence electrons. The molecule has 1 aliphatic rings. The number of benzene rings is 2. The number of para-hydroxylation sites is 1. The lowest BCUT2D eigenvalue weighted by Crippen LogP contribution is -2.37. The Morgan fingerprint density at radius 2 is 1.88 bits per heavy atom. The number of aromatic hydroxyl groups is 1. The van der Waals surface area contributed by atoms with Gasteiger partial charge in [-0.2, -0.15) is 4.98 Å². The molecule has 32 heavy (non-hydrogen) atoms. The number of phenols is 1. The molecule has 0 aliphatic carbocycles. The fourth-order valence-corrected chi connectivity index (χ4v) is 3.68. The van der Waals surface area contributed by atoms with E-state index in [-0.39, 0.29) is 18.2 Å². The first-order valence-electron chi connectivity index (χ1n) is 10.4. The van der Waals surface area contributed by atoms with E-state index in [1.165, 1.54) is 0 Å². The smallest absolute Gasteiger partial charge is 0.244 e. The summed E-state index contributed by atoms with van der Waals surface area (Å²) in [7, 11) is 0. The van der Waals surface area contributed by atoms with Crippen molar-refractivity contribution in [1.29, 1.82) is 0 Å². The van der Waals surface area contributed by atoms with Gasteiger partial charge in [-0.3, -0.25) is 4.79 Å². The second-order valence-corrected chi connectivity index (χ2v) is 7.48. The van der Waals surface area contributed by atoms with Gasteiger partial charge in [0, 0.05) is 24.3 Å². The Labute approximate surface area is 184 Å². The monoisotopic (exact) mass is 430 g/mol. The van der Waals surface area contributed by atoms with Crippen molar-refractivity contribution >= 4 is 28.7 Å². The summed E-state index contributed by atoms with van der Waals surface area (Å²) in [6.45, 7) is 2.61. The Bertz CT molecular complexity index is 1250. The number of nitrogens with one attached hydrogen (secondary N) is 1. The lowest BCUT2D eigenvalue weighted by molar-refractivity contribution is -0.116. The van der Waals surface area contributed by atoms with Gasteiger partial charge in [-0.25, -0.2) is 9.97 Å². The molecule has 0 radical (unpaired) electrons. The highest BCUT2D eigenvalue weighted by Crippen LogP contribution is 2.29. The lowest BCUT2D eigenvalue weighted by atomic mass is 10.1. The zero-order chi connectivity index (χ0) is 21.9. The summed E-state index contributed by atoms with van der Waals surface area (Å²) in [5, 5.41) is 12.9. The van der Waals surface area contributed by atoms with Crippen LogP contribution in [0.2, 0.25) is 0 Å². The van der Waals surface area contributed by atoms with Crippen LogP contribution in [0, 0.1) is 0 Å². The van der Waals surface area contributed by atoms with E-state index in [4.69, 9.17) is 14.7 Å². The first-order chi connectivity index (χ1) is 15.7. The maximum Gasteiger partial charge on any atom is 0.244 e. The van der Waals surface area contributed by atoms with Crippen molar-refractivity contribution in [1.82, 2.24) is 19.5 Å². The molecule has 0 bridgehead atoms. The van der Waals surface area contributed by atoms with Crippen LogP contribution in [0.3, 0.4) is 0 Å². The van der Waals surface area contributed by atoms with Crippen molar-refractivity contribution in [2.75, 3.05) is 36.5 Å². The largest absolute Gasteiger partial charge is 0.508 e. The van der Waals surface area contributed by atoms with Gasteiger partial charge >= 0.3 is 0 Å². The number of phenolic OH excluding ortho intramolecular Hbond substituents is 1. The van der Waals surface area contributed by atoms with Crippen LogP contribution in [-0.2, 0) is 16.1 Å². The molecular formula is C23H22N6O3. The van der Waals surface area contributed by atoms with Crippen LogP contribution < -0.4 is 10.2 Å². The van der Waals surface area contributed by atoms with Crippen LogP contribution in [0.15, 0.2) is 60.9 Å². The van der Waals surface area contributed by atoms with Gasteiger partial charge in [-0.1, -0.05) is 30.3 Å². The van der Waals surface area contributed by atoms with Gasteiger partial charge in [0.25, 0.3) is 0 Å². The number of hydrogen-bond donors (Lipinski definition) is 2. The standard InChI is InChI=1S/C23H22N6O3/c30-18-8-4-5-16(13-18)20-21-22(27-23(26-20)28-9-11-32-12-10-28)29(15-24-21)14-19(31)25-17-6-2-1-3-7-17/h1-8,13,15,30H,9-12,14H2,(H,25,31). The molecule has 9 nitrogen and oxygen atoms in total. The van der Waals surface area contributed by atoms with Gasteiger partial charge in [0.15, 0.2) is 5.65 Å². The van der Waals surface area contributed by atoms with Crippen molar-refractivity contribution in [3.8, 4) is 17.0 Å². The normalized spacial score (nSPS) is 13.9. The van der Waals surface area contributed by atoms with E-state index in [1.54, 1.807) is 29.1 Å². The number of carbonyl (C=O) groups is 1. The molecule has 1 fully saturated rings. The summed E-state index contributed by atoms with van der Waals surface area (Å²) in [4.78, 5) is 28.7. The molecule has 2 aromatic heterocycles. The van der Waals surface area contributed by atoms with Crippen LogP contribution in [0.4, 0.5) is 11.6 Å². The lowest BCUT2D eigenvalue weighted by Gasteiger charge is -2.27. The van der Waals surface area contributed by atoms with Crippen molar-refractivity contribution < 1.29 is 14.6 Å². The van der Waals surface area contributed by atoms with Crippen LogP contribution in [0.5, 0.6) is 5.75 Å². The summed E-state index contributed by atoms with van der Waals surface area (Å²) in [5.41, 5.74) is 3.19. The molecule has 1 aliphatic heterocycles. The Morgan fingerprint density at radius 1 is 1.06 bits per heavy atom. The molecule has 0 saturated carbocycles. The number of amides is 1. The Kier molecular flexibility index (Phi) is 5.39. The van der Waals surface area contributed by atoms with Crippen molar-refractivity contribution in [3.63, 3.8) is 0 Å². The van der Waals surface area contributed by atoms with Crippen LogP contribution in [-0.4, -0.2) is 56.8 Å². The van der Waals surface area contributed by atoms with E-state index in [2.05, 4.69) is 15.2 Å². The van der Waals surface area contributed by atoms with E-state index in [9.17, 15) is 9.90 Å². The zero-order valence-electron chi connectivity index (χ0n) is 17.3. The summed E-state index contributed by atoms with van der Waals surface area (Å²) < 4.78 is 7.17. The van der Waals surface area contributed by atoms with Gasteiger partial charge in [0.2, 0.25) is 11.9 Å². The molecule has 3 heterocycles. The second-order valence-electron chi connectivity index (χ2n) is 7.48. The maximum absolute atomic E-state index is 12.6. The number of aromatic nitrogens is 4. The summed E-state index contributed by atoms with van der Waals surface area (Å²) in [6.07, 6.45) is 1.60. The fraction of sp³-hybridized carbons (Fsp3) is 0.217. The number of rotatable bonds is 5. The first-order valence-corrected chi connectivity index (χ1v) is 10.4. The highest BCUT2D eigenvalue weighted by Gasteiger charge is 2.21. The van der Waals surface area contributed by atoms with Gasteiger partial charge in [0.1, 0.15) is 23.5 Å². The first kappa shape index (κ1) is 20.0. The molecule has 9 heteroatoms. The highest BCUT2D eigenvalue weighted by atomic mass is 16.5. The van der Waals surface area contributed by atoms with Crippen LogP contribution >= 0.6 is 0 Å². The number of morpholine rings is 1. The number of nitrogens with zero attached hydrogens (tertiary/aromatic N) is 5. The van der Waals surface area contributed by atoms with Gasteiger partial charge in [-0.15, -0.1) is 0 Å². The van der Waals surface area contributed by atoms with E-state index in [1.807, 2.05) is 36.4 Å². The number of carbonyl (C=O) groups excluding carboxylic acids is 1. The van der Waals surface area contributed by atoms with Gasteiger partial charge < -0.3 is 24.6 Å². The number of ether oxygens (including phenoxy) is 1. The van der Waals surface area contributed by atoms with Crippen LogP contribution in [0.1, 0.15) is 0 Å². The molecule has 0 atom stereocenters. The predicted octanol–water partition coefficient (Wildman–Crippen LogP) is 2.67. The highest BCUT2D eigenvalue weighted by molar-refractivity contribution is 5.93. The van der Waals surface area contributed by atoms with Crippen molar-refractivity contribution in [3.05, 3.63) is 60.9 Å². The molecule has 4 aromatic rings. The quantitative estimate of drug-likeness (QED) is 0.501. The Balaban J connectivity index is 1.54. The second kappa shape index (κ2) is 8.64. The molecule has 0 spiro atoms. The van der Waals surface area contributed by atoms with Crippen molar-refractivity contribution in [2.24, 2.45) is 0 Å². The number of hydrogen-bond acceptors (Lipinski definition) is 7. The zero-order valence-corrected chi connectivity index (χ0v) is 17.3. The minimum absolute atomic E-state index is 0.0600. The third-order valence-corrected chi connectivity index (χ3v) is 5.24. The molecular weight excluding hydrogens is 408 g/mol. The van der Waals surface area contributed by atoms with Gasteiger partial charge in [-0.05, 0) is 24.3 Å². The SMILES string of the molecule is O=C(Cn1cnc2c(-c3cccc(O)c3)nc(N3CCOCC3)nc21)Nc1ccccc1. The Hall–Kier alpha value is -3.98. The fourth-order valence-electron chi connectivity index (χ4n) is 3.68. The topological polar surface area (TPSA) is 105 Å². The summed E-state index contributed by atoms with van der Waals surface area (Å²) >= 11 is 0. The van der Waals surface area contributed by atoms with Crippen LogP contribution in [0.25, 0.3) is 22.4 Å². The average Bonchev–Trinajstić information content (AvgIpc) is 3.22. The molecule has 2 N–H and O–H groups in total. The molecule has 2 aromatic carbocycles. The Morgan fingerprint density at radius 3 is 2.66 bits per heavy atom. The predicted molar refractivity (Wildman–Crippen MR) is 121 cm³/mol. The third-order valence-electron chi connectivity index (χ3n) is 5.24. The van der Waals surface area contributed by atoms with Gasteiger partial charge in [0.05, 0.1) is 19.5 Å².